The first kappa shape index (κ1) is 29.8. The van der Waals surface area contributed by atoms with Gasteiger partial charge in [-0.25, -0.2) is 0 Å². The maximum Gasteiger partial charge on any atom is 0.159 e. The van der Waals surface area contributed by atoms with E-state index in [1.807, 2.05) is 11.3 Å². The molecule has 7 aromatic rings. The van der Waals surface area contributed by atoms with Crippen LogP contribution in [0.5, 0.6) is 0 Å². The van der Waals surface area contributed by atoms with Gasteiger partial charge in [-0.2, -0.15) is 0 Å². The fourth-order valence-electron chi connectivity index (χ4n) is 9.02. The van der Waals surface area contributed by atoms with Crippen LogP contribution in [0.4, 0.5) is 17.1 Å². The highest BCUT2D eigenvalue weighted by Crippen LogP contribution is 2.50. The zero-order chi connectivity index (χ0) is 34.2. The standard InChI is InChI=1S/C48H36N2OS/c1-3-13-31(14-4-1)35-19-11-20-40-41-21-12-23-43(48(41)51-47(35)40)49(34-26-28-39-38-18-8-10-24-45(38)52-46(39)30-34)33-25-27-37-36-17-7-9-22-42(36)50(44(37)29-33)32-15-5-2-6-16-32/h2-3,5-29,34,37,44H,1,4,30H2. The molecule has 0 bridgehead atoms. The van der Waals surface area contributed by atoms with E-state index in [9.17, 15) is 0 Å². The second kappa shape index (κ2) is 11.9. The van der Waals surface area contributed by atoms with E-state index in [1.54, 1.807) is 0 Å². The lowest BCUT2D eigenvalue weighted by molar-refractivity contribution is 0.658. The molecule has 52 heavy (non-hydrogen) atoms. The third-order valence-electron chi connectivity index (χ3n) is 11.3. The van der Waals surface area contributed by atoms with Crippen molar-refractivity contribution >= 4 is 72.1 Å². The van der Waals surface area contributed by atoms with E-state index in [0.29, 0.717) is 0 Å². The van der Waals surface area contributed by atoms with Crippen LogP contribution < -0.4 is 9.80 Å². The van der Waals surface area contributed by atoms with Crippen LogP contribution in [-0.2, 0) is 6.42 Å². The van der Waals surface area contributed by atoms with Crippen LogP contribution in [0.1, 0.15) is 40.3 Å². The van der Waals surface area contributed by atoms with Crippen molar-refractivity contribution in [3.8, 4) is 0 Å². The van der Waals surface area contributed by atoms with Crippen LogP contribution in [0.25, 0.3) is 43.7 Å². The van der Waals surface area contributed by atoms with Crippen LogP contribution in [-0.4, -0.2) is 12.1 Å². The number of fused-ring (bicyclic) bond motifs is 9. The summed E-state index contributed by atoms with van der Waals surface area (Å²) < 4.78 is 8.43. The van der Waals surface area contributed by atoms with E-state index in [4.69, 9.17) is 4.42 Å². The molecular weight excluding hydrogens is 653 g/mol. The first-order valence-electron chi connectivity index (χ1n) is 18.4. The van der Waals surface area contributed by atoms with E-state index in [2.05, 4.69) is 174 Å². The molecule has 3 aliphatic carbocycles. The molecule has 0 amide bonds. The van der Waals surface area contributed by atoms with Gasteiger partial charge in [0, 0.05) is 55.3 Å². The molecule has 5 aromatic carbocycles. The molecule has 250 valence electrons. The topological polar surface area (TPSA) is 19.6 Å². The molecule has 0 saturated heterocycles. The van der Waals surface area contributed by atoms with Gasteiger partial charge in [0.15, 0.2) is 5.58 Å². The number of nitrogens with zero attached hydrogens (tertiary/aromatic N) is 2. The molecule has 0 saturated carbocycles. The van der Waals surface area contributed by atoms with Gasteiger partial charge in [-0.3, -0.25) is 0 Å². The maximum absolute atomic E-state index is 7.08. The van der Waals surface area contributed by atoms with Gasteiger partial charge in [-0.1, -0.05) is 121 Å². The van der Waals surface area contributed by atoms with E-state index in [-0.39, 0.29) is 18.0 Å². The Morgan fingerprint density at radius 2 is 1.50 bits per heavy atom. The lowest BCUT2D eigenvalue weighted by Gasteiger charge is -2.37. The average molecular weight is 689 g/mol. The van der Waals surface area contributed by atoms with Crippen molar-refractivity contribution in [3.05, 3.63) is 185 Å². The predicted octanol–water partition coefficient (Wildman–Crippen LogP) is 12.7. The second-order valence-corrected chi connectivity index (χ2v) is 15.4. The number of rotatable bonds is 5. The SMILES string of the molecule is C1=CC(c2cccc3c2oc2c(N(C4=CC5C(C=C4)c4ccccc4N5c4ccccc4)C4C=Cc5c(sc6ccccc56)C4)cccc23)=CCC1. The summed E-state index contributed by atoms with van der Waals surface area (Å²) in [6, 6.07) is 42.1. The fourth-order valence-corrected chi connectivity index (χ4v) is 10.3. The highest BCUT2D eigenvalue weighted by Gasteiger charge is 2.40. The van der Waals surface area contributed by atoms with Crippen LogP contribution in [0.3, 0.4) is 0 Å². The van der Waals surface area contributed by atoms with Gasteiger partial charge in [0.2, 0.25) is 0 Å². The molecule has 3 nitrogen and oxygen atoms in total. The van der Waals surface area contributed by atoms with Gasteiger partial charge in [0.1, 0.15) is 5.58 Å². The summed E-state index contributed by atoms with van der Waals surface area (Å²) in [5.74, 6) is 0.263. The number of furan rings is 1. The Hall–Kier alpha value is -5.84. The van der Waals surface area contributed by atoms with Gasteiger partial charge in [-0.05, 0) is 77.4 Å². The van der Waals surface area contributed by atoms with Gasteiger partial charge in [0.25, 0.3) is 0 Å². The second-order valence-electron chi connectivity index (χ2n) is 14.2. The maximum atomic E-state index is 7.08. The Kier molecular flexibility index (Phi) is 6.81. The van der Waals surface area contributed by atoms with Crippen molar-refractivity contribution in [1.82, 2.24) is 0 Å². The summed E-state index contributed by atoms with van der Waals surface area (Å²) in [4.78, 5) is 6.53. The van der Waals surface area contributed by atoms with Crippen LogP contribution in [0.2, 0.25) is 0 Å². The van der Waals surface area contributed by atoms with E-state index < -0.39 is 0 Å². The molecule has 1 aliphatic heterocycles. The number of thiophene rings is 1. The molecule has 0 radical (unpaired) electrons. The molecule has 3 unspecified atom stereocenters. The number of anilines is 3. The highest BCUT2D eigenvalue weighted by molar-refractivity contribution is 7.19. The van der Waals surface area contributed by atoms with Crippen LogP contribution >= 0.6 is 11.3 Å². The molecule has 4 aliphatic rings. The Morgan fingerprint density at radius 3 is 2.40 bits per heavy atom. The number of para-hydroxylation sites is 4. The Balaban J connectivity index is 1.10. The lowest BCUT2D eigenvalue weighted by atomic mass is 9.89. The lowest BCUT2D eigenvalue weighted by Crippen LogP contribution is -2.38. The molecule has 3 heterocycles. The minimum Gasteiger partial charge on any atom is -0.453 e. The third kappa shape index (κ3) is 4.57. The van der Waals surface area contributed by atoms with E-state index in [1.165, 1.54) is 48.7 Å². The summed E-state index contributed by atoms with van der Waals surface area (Å²) >= 11 is 1.93. The smallest absolute Gasteiger partial charge is 0.159 e. The molecular formula is C48H36N2OS. The first-order chi connectivity index (χ1) is 25.8. The van der Waals surface area contributed by atoms with Crippen molar-refractivity contribution in [3.63, 3.8) is 0 Å². The van der Waals surface area contributed by atoms with Crippen molar-refractivity contribution in [2.24, 2.45) is 0 Å². The zero-order valence-electron chi connectivity index (χ0n) is 28.7. The Labute approximate surface area is 307 Å². The number of allylic oxidation sites excluding steroid dienone is 5. The quantitative estimate of drug-likeness (QED) is 0.179. The van der Waals surface area contributed by atoms with Crippen LogP contribution in [0.15, 0.2) is 168 Å². The first-order valence-corrected chi connectivity index (χ1v) is 19.2. The van der Waals surface area contributed by atoms with Crippen molar-refractivity contribution in [1.29, 1.82) is 0 Å². The zero-order valence-corrected chi connectivity index (χ0v) is 29.5. The summed E-state index contributed by atoms with van der Waals surface area (Å²) in [6.07, 6.45) is 22.0. The Morgan fingerprint density at radius 1 is 0.692 bits per heavy atom. The largest absolute Gasteiger partial charge is 0.453 e. The Bertz CT molecular complexity index is 2700. The third-order valence-corrected chi connectivity index (χ3v) is 12.5. The minimum atomic E-state index is 0.101. The molecule has 4 heteroatoms. The summed E-state index contributed by atoms with van der Waals surface area (Å²) in [5, 5.41) is 3.66. The van der Waals surface area contributed by atoms with E-state index >= 15 is 0 Å². The molecule has 0 fully saturated rings. The van der Waals surface area contributed by atoms with Gasteiger partial charge in [-0.15, -0.1) is 11.3 Å². The molecule has 3 atom stereocenters. The minimum absolute atomic E-state index is 0.101. The van der Waals surface area contributed by atoms with Crippen molar-refractivity contribution in [2.75, 3.05) is 9.80 Å². The van der Waals surface area contributed by atoms with Crippen molar-refractivity contribution < 1.29 is 4.42 Å². The molecule has 0 spiro atoms. The number of benzene rings is 5. The molecule has 11 rings (SSSR count). The summed E-state index contributed by atoms with van der Waals surface area (Å²) in [5.41, 5.74) is 11.8. The summed E-state index contributed by atoms with van der Waals surface area (Å²) in [6.45, 7) is 0. The fraction of sp³-hybridized carbons (Fsp3) is 0.125. The van der Waals surface area contributed by atoms with Crippen molar-refractivity contribution in [2.45, 2.75) is 37.3 Å². The van der Waals surface area contributed by atoms with Gasteiger partial charge in [0.05, 0.1) is 17.8 Å². The normalized spacial score (nSPS) is 20.2. The van der Waals surface area contributed by atoms with Gasteiger partial charge < -0.3 is 14.2 Å². The average Bonchev–Trinajstić information content (AvgIpc) is 3.88. The predicted molar refractivity (Wildman–Crippen MR) is 220 cm³/mol. The van der Waals surface area contributed by atoms with E-state index in [0.717, 1.165) is 52.5 Å². The molecule has 2 aromatic heterocycles. The monoisotopic (exact) mass is 688 g/mol. The number of hydrogen-bond donors (Lipinski definition) is 0. The van der Waals surface area contributed by atoms with Crippen LogP contribution in [0, 0.1) is 0 Å². The number of hydrogen-bond acceptors (Lipinski definition) is 4. The molecule has 0 N–H and O–H groups in total. The summed E-state index contributed by atoms with van der Waals surface area (Å²) in [7, 11) is 0. The highest BCUT2D eigenvalue weighted by atomic mass is 32.1. The van der Waals surface area contributed by atoms with Gasteiger partial charge >= 0.3 is 0 Å².